The third kappa shape index (κ3) is 3.06. The van der Waals surface area contributed by atoms with Crippen LogP contribution in [0.5, 0.6) is 0 Å². The maximum Gasteiger partial charge on any atom is 0.142 e. The molecule has 0 aliphatic carbocycles. The Bertz CT molecular complexity index is 662. The van der Waals surface area contributed by atoms with E-state index in [4.69, 9.17) is 11.6 Å². The molecule has 0 saturated carbocycles. The molecule has 0 aliphatic heterocycles. The summed E-state index contributed by atoms with van der Waals surface area (Å²) >= 11 is 5.55. The average molecular weight is 314 g/mol. The van der Waals surface area contributed by atoms with Crippen molar-refractivity contribution >= 4 is 11.6 Å². The summed E-state index contributed by atoms with van der Waals surface area (Å²) in [6.45, 7) is 3.51. The van der Waals surface area contributed by atoms with Gasteiger partial charge >= 0.3 is 0 Å². The highest BCUT2D eigenvalue weighted by molar-refractivity contribution is 6.30. The molecule has 0 radical (unpaired) electrons. The summed E-state index contributed by atoms with van der Waals surface area (Å²) in [5, 5.41) is 2.53. The van der Waals surface area contributed by atoms with Gasteiger partial charge in [0.2, 0.25) is 0 Å². The summed E-state index contributed by atoms with van der Waals surface area (Å²) in [5.74, 6) is -1.87. The van der Waals surface area contributed by atoms with Gasteiger partial charge in [-0.3, -0.25) is 0 Å². The van der Waals surface area contributed by atoms with Crippen molar-refractivity contribution < 1.29 is 13.2 Å². The Morgan fingerprint density at radius 1 is 0.952 bits per heavy atom. The maximum atomic E-state index is 14.3. The van der Waals surface area contributed by atoms with Crippen LogP contribution in [0.3, 0.4) is 0 Å². The molecular weight excluding hydrogens is 299 g/mol. The summed E-state index contributed by atoms with van der Waals surface area (Å²) in [5.41, 5.74) is 1.75. The molecule has 2 aromatic rings. The standard InChI is InChI=1S/C16H15ClF3N/c1-8-4-9(2)15(14(20)5-8)16(21-3)10-6-13(19)11(17)7-12(10)18/h4-7,16,21H,1-3H3. The van der Waals surface area contributed by atoms with Crippen LogP contribution in [0.1, 0.15) is 28.3 Å². The van der Waals surface area contributed by atoms with Gasteiger partial charge in [-0.15, -0.1) is 0 Å². The van der Waals surface area contributed by atoms with Gasteiger partial charge in [0.05, 0.1) is 11.1 Å². The van der Waals surface area contributed by atoms with Gasteiger partial charge in [-0.1, -0.05) is 17.7 Å². The fourth-order valence-electron chi connectivity index (χ4n) is 2.51. The molecule has 0 heterocycles. The van der Waals surface area contributed by atoms with Crippen molar-refractivity contribution in [1.29, 1.82) is 0 Å². The lowest BCUT2D eigenvalue weighted by atomic mass is 9.93. The summed E-state index contributed by atoms with van der Waals surface area (Å²) in [6.07, 6.45) is 0. The van der Waals surface area contributed by atoms with Crippen molar-refractivity contribution in [3.8, 4) is 0 Å². The zero-order chi connectivity index (χ0) is 15.7. The molecular formula is C16H15ClF3N. The van der Waals surface area contributed by atoms with Crippen molar-refractivity contribution in [2.75, 3.05) is 7.05 Å². The van der Waals surface area contributed by atoms with E-state index in [2.05, 4.69) is 5.32 Å². The molecule has 0 bridgehead atoms. The van der Waals surface area contributed by atoms with Crippen LogP contribution in [0, 0.1) is 31.3 Å². The highest BCUT2D eigenvalue weighted by atomic mass is 35.5. The molecule has 0 amide bonds. The first kappa shape index (κ1) is 15.9. The quantitative estimate of drug-likeness (QED) is 0.811. The van der Waals surface area contributed by atoms with E-state index in [0.717, 1.165) is 17.7 Å². The van der Waals surface area contributed by atoms with Crippen LogP contribution in [0.25, 0.3) is 0 Å². The molecule has 112 valence electrons. The number of hydrogen-bond acceptors (Lipinski definition) is 1. The normalized spacial score (nSPS) is 12.5. The Labute approximate surface area is 126 Å². The fraction of sp³-hybridized carbons (Fsp3) is 0.250. The van der Waals surface area contributed by atoms with Crippen LogP contribution >= 0.6 is 11.6 Å². The zero-order valence-corrected chi connectivity index (χ0v) is 12.7. The molecule has 21 heavy (non-hydrogen) atoms. The minimum absolute atomic E-state index is 0.0188. The molecule has 2 aromatic carbocycles. The Kier molecular flexibility index (Phi) is 4.59. The van der Waals surface area contributed by atoms with Gasteiger partial charge in [-0.25, -0.2) is 13.2 Å². The van der Waals surface area contributed by atoms with E-state index in [1.807, 2.05) is 0 Å². The fourth-order valence-corrected chi connectivity index (χ4v) is 2.66. The number of halogens is 4. The van der Waals surface area contributed by atoms with Crippen LogP contribution in [0.4, 0.5) is 13.2 Å². The number of benzene rings is 2. The minimum Gasteiger partial charge on any atom is -0.309 e. The average Bonchev–Trinajstić information content (AvgIpc) is 2.38. The van der Waals surface area contributed by atoms with E-state index < -0.39 is 23.5 Å². The predicted octanol–water partition coefficient (Wildman–Crippen LogP) is 4.68. The summed E-state index contributed by atoms with van der Waals surface area (Å²) in [6, 6.07) is 4.27. The Morgan fingerprint density at radius 2 is 1.62 bits per heavy atom. The lowest BCUT2D eigenvalue weighted by Crippen LogP contribution is -2.21. The number of rotatable bonds is 3. The van der Waals surface area contributed by atoms with E-state index in [1.165, 1.54) is 6.07 Å². The maximum absolute atomic E-state index is 14.3. The first-order chi connectivity index (χ1) is 9.85. The first-order valence-corrected chi connectivity index (χ1v) is 6.81. The van der Waals surface area contributed by atoms with Gasteiger partial charge in [0.25, 0.3) is 0 Å². The predicted molar refractivity (Wildman–Crippen MR) is 78.1 cm³/mol. The first-order valence-electron chi connectivity index (χ1n) is 6.43. The van der Waals surface area contributed by atoms with E-state index in [1.54, 1.807) is 27.0 Å². The summed E-state index contributed by atoms with van der Waals surface area (Å²) < 4.78 is 42.0. The van der Waals surface area contributed by atoms with E-state index >= 15 is 0 Å². The molecule has 0 saturated heterocycles. The molecule has 0 aliphatic rings. The van der Waals surface area contributed by atoms with E-state index in [0.29, 0.717) is 11.1 Å². The molecule has 1 N–H and O–H groups in total. The number of aryl methyl sites for hydroxylation is 2. The van der Waals surface area contributed by atoms with Crippen molar-refractivity contribution in [3.63, 3.8) is 0 Å². The smallest absolute Gasteiger partial charge is 0.142 e. The Hall–Kier alpha value is -1.52. The topological polar surface area (TPSA) is 12.0 Å². The number of hydrogen-bond donors (Lipinski definition) is 1. The lowest BCUT2D eigenvalue weighted by Gasteiger charge is -2.21. The van der Waals surface area contributed by atoms with Crippen molar-refractivity contribution in [2.45, 2.75) is 19.9 Å². The van der Waals surface area contributed by atoms with E-state index in [-0.39, 0.29) is 10.6 Å². The second-order valence-electron chi connectivity index (χ2n) is 4.99. The van der Waals surface area contributed by atoms with Gasteiger partial charge in [-0.05, 0) is 50.2 Å². The minimum atomic E-state index is -0.794. The SMILES string of the molecule is CNC(c1cc(F)c(Cl)cc1F)c1c(C)cc(C)cc1F. The van der Waals surface area contributed by atoms with Crippen molar-refractivity contribution in [1.82, 2.24) is 5.32 Å². The third-order valence-electron chi connectivity index (χ3n) is 3.41. The van der Waals surface area contributed by atoms with Crippen LogP contribution < -0.4 is 5.32 Å². The van der Waals surface area contributed by atoms with Crippen molar-refractivity contribution in [3.05, 3.63) is 69.0 Å². The van der Waals surface area contributed by atoms with E-state index in [9.17, 15) is 13.2 Å². The molecule has 0 spiro atoms. The van der Waals surface area contributed by atoms with Gasteiger partial charge in [0, 0.05) is 11.1 Å². The van der Waals surface area contributed by atoms with Crippen LogP contribution in [0.2, 0.25) is 5.02 Å². The lowest BCUT2D eigenvalue weighted by molar-refractivity contribution is 0.535. The van der Waals surface area contributed by atoms with Crippen LogP contribution in [-0.4, -0.2) is 7.05 Å². The molecule has 5 heteroatoms. The highest BCUT2D eigenvalue weighted by Gasteiger charge is 2.23. The number of nitrogens with one attached hydrogen (secondary N) is 1. The van der Waals surface area contributed by atoms with Gasteiger partial charge < -0.3 is 5.32 Å². The summed E-state index contributed by atoms with van der Waals surface area (Å²) in [7, 11) is 1.56. The second kappa shape index (κ2) is 6.08. The Balaban J connectivity index is 2.63. The molecule has 1 atom stereocenters. The molecule has 0 fully saturated rings. The van der Waals surface area contributed by atoms with Gasteiger partial charge in [-0.2, -0.15) is 0 Å². The highest BCUT2D eigenvalue weighted by Crippen LogP contribution is 2.31. The molecule has 2 rings (SSSR count). The Morgan fingerprint density at radius 3 is 2.19 bits per heavy atom. The van der Waals surface area contributed by atoms with Crippen LogP contribution in [0.15, 0.2) is 24.3 Å². The zero-order valence-electron chi connectivity index (χ0n) is 11.9. The van der Waals surface area contributed by atoms with Gasteiger partial charge in [0.1, 0.15) is 17.5 Å². The van der Waals surface area contributed by atoms with Crippen LogP contribution in [-0.2, 0) is 0 Å². The third-order valence-corrected chi connectivity index (χ3v) is 3.70. The molecule has 0 aromatic heterocycles. The molecule has 1 nitrogen and oxygen atoms in total. The monoisotopic (exact) mass is 313 g/mol. The van der Waals surface area contributed by atoms with Crippen molar-refractivity contribution in [2.24, 2.45) is 0 Å². The summed E-state index contributed by atoms with van der Waals surface area (Å²) in [4.78, 5) is 0. The largest absolute Gasteiger partial charge is 0.309 e. The second-order valence-corrected chi connectivity index (χ2v) is 5.39. The van der Waals surface area contributed by atoms with Gasteiger partial charge in [0.15, 0.2) is 0 Å². The molecule has 1 unspecified atom stereocenters.